The highest BCUT2D eigenvalue weighted by atomic mass is 19.2. The Bertz CT molecular complexity index is 1150. The summed E-state index contributed by atoms with van der Waals surface area (Å²) in [6.45, 7) is -0.556. The minimum Gasteiger partial charge on any atom is -0.496 e. The average molecular weight is 438 g/mol. The number of benzene rings is 2. The lowest BCUT2D eigenvalue weighted by Gasteiger charge is -2.13. The van der Waals surface area contributed by atoms with Crippen molar-refractivity contribution in [2.75, 3.05) is 7.11 Å². The molecule has 2 aromatic carbocycles. The van der Waals surface area contributed by atoms with E-state index < -0.39 is 41.4 Å². The zero-order valence-corrected chi connectivity index (χ0v) is 16.3. The first-order valence-corrected chi connectivity index (χ1v) is 8.75. The van der Waals surface area contributed by atoms with Gasteiger partial charge in [-0.05, 0) is 23.8 Å². The van der Waals surface area contributed by atoms with Crippen molar-refractivity contribution in [2.24, 2.45) is 7.05 Å². The molecular formula is C21H15F5N2O3. The van der Waals surface area contributed by atoms with E-state index in [2.05, 4.69) is 5.10 Å². The van der Waals surface area contributed by atoms with Crippen molar-refractivity contribution in [3.8, 4) is 11.5 Å². The summed E-state index contributed by atoms with van der Waals surface area (Å²) in [6, 6.07) is 4.59. The van der Waals surface area contributed by atoms with E-state index >= 15 is 0 Å². The molecular weight excluding hydrogens is 423 g/mol. The molecule has 0 amide bonds. The molecule has 0 spiro atoms. The molecule has 1 aromatic heterocycles. The summed E-state index contributed by atoms with van der Waals surface area (Å²) in [5, 5.41) is 3.91. The number of halogens is 5. The molecule has 10 heteroatoms. The molecule has 0 aliphatic carbocycles. The number of carbonyl (C=O) groups excluding carboxylic acids is 1. The number of allylic oxidation sites excluding steroid dienone is 1. The van der Waals surface area contributed by atoms with Gasteiger partial charge in [0.15, 0.2) is 11.5 Å². The maximum atomic E-state index is 13.8. The lowest BCUT2D eigenvalue weighted by molar-refractivity contribution is 0.104. The third kappa shape index (κ3) is 4.57. The second-order valence-electron chi connectivity index (χ2n) is 6.36. The maximum absolute atomic E-state index is 13.8. The van der Waals surface area contributed by atoms with E-state index in [1.54, 1.807) is 19.3 Å². The van der Waals surface area contributed by atoms with Crippen LogP contribution in [0.4, 0.5) is 22.0 Å². The van der Waals surface area contributed by atoms with Gasteiger partial charge < -0.3 is 9.47 Å². The van der Waals surface area contributed by atoms with E-state index in [1.807, 2.05) is 0 Å². The largest absolute Gasteiger partial charge is 0.496 e. The van der Waals surface area contributed by atoms with Gasteiger partial charge in [0.1, 0.15) is 12.4 Å². The number of nitrogens with zero attached hydrogens (tertiary/aromatic N) is 2. The Morgan fingerprint density at radius 3 is 2.29 bits per heavy atom. The summed E-state index contributed by atoms with van der Waals surface area (Å²) in [5.41, 5.74) is 1.14. The quantitative estimate of drug-likeness (QED) is 0.178. The summed E-state index contributed by atoms with van der Waals surface area (Å²) in [4.78, 5) is 12.1. The van der Waals surface area contributed by atoms with Crippen molar-refractivity contribution in [1.29, 1.82) is 0 Å². The molecule has 0 aliphatic rings. The standard InChI is InChI=1S/C21H15F5N2O3/c1-28-9-13(8-27-28)14(29)5-3-11-4-6-15(30-2)12(7-11)10-31-21-19(25)17(23)16(22)18(24)20(21)26/h3-9H,10H2,1-2H3/b5-3+. The SMILES string of the molecule is COc1ccc(/C=C/C(=O)c2cnn(C)c2)cc1COc1c(F)c(F)c(F)c(F)c1F. The highest BCUT2D eigenvalue weighted by Crippen LogP contribution is 2.31. The molecule has 0 saturated carbocycles. The van der Waals surface area contributed by atoms with E-state index in [0.29, 0.717) is 11.1 Å². The summed E-state index contributed by atoms with van der Waals surface area (Å²) in [6.07, 6.45) is 5.73. The number of methoxy groups -OCH3 is 1. The smallest absolute Gasteiger partial charge is 0.207 e. The summed E-state index contributed by atoms with van der Waals surface area (Å²) >= 11 is 0. The first-order valence-electron chi connectivity index (χ1n) is 8.75. The van der Waals surface area contributed by atoms with Crippen LogP contribution in [-0.2, 0) is 13.7 Å². The number of aromatic nitrogens is 2. The van der Waals surface area contributed by atoms with Crippen LogP contribution in [-0.4, -0.2) is 22.7 Å². The van der Waals surface area contributed by atoms with Crippen LogP contribution >= 0.6 is 0 Å². The predicted octanol–water partition coefficient (Wildman–Crippen LogP) is 4.60. The van der Waals surface area contributed by atoms with Crippen LogP contribution < -0.4 is 9.47 Å². The van der Waals surface area contributed by atoms with Crippen LogP contribution in [0.2, 0.25) is 0 Å². The molecule has 31 heavy (non-hydrogen) atoms. The molecule has 1 heterocycles. The Balaban J connectivity index is 1.84. The molecule has 0 unspecified atom stereocenters. The monoisotopic (exact) mass is 438 g/mol. The number of aryl methyl sites for hydroxylation is 1. The zero-order valence-electron chi connectivity index (χ0n) is 16.3. The van der Waals surface area contributed by atoms with Gasteiger partial charge in [0, 0.05) is 18.8 Å². The van der Waals surface area contributed by atoms with Crippen molar-refractivity contribution >= 4 is 11.9 Å². The minimum absolute atomic E-state index is 0.250. The van der Waals surface area contributed by atoms with Gasteiger partial charge in [-0.25, -0.2) is 13.2 Å². The Labute approximate surface area is 173 Å². The highest BCUT2D eigenvalue weighted by Gasteiger charge is 2.27. The van der Waals surface area contributed by atoms with Gasteiger partial charge in [-0.3, -0.25) is 9.48 Å². The van der Waals surface area contributed by atoms with E-state index in [-0.39, 0.29) is 17.1 Å². The first-order chi connectivity index (χ1) is 14.7. The van der Waals surface area contributed by atoms with E-state index in [0.717, 1.165) is 0 Å². The molecule has 3 rings (SSSR count). The minimum atomic E-state index is -2.27. The van der Waals surface area contributed by atoms with Crippen LogP contribution in [0.5, 0.6) is 11.5 Å². The van der Waals surface area contributed by atoms with Gasteiger partial charge >= 0.3 is 0 Å². The molecule has 0 aliphatic heterocycles. The molecule has 0 atom stereocenters. The Kier molecular flexibility index (Phi) is 6.38. The number of ketones is 1. The van der Waals surface area contributed by atoms with Crippen LogP contribution in [0.15, 0.2) is 36.7 Å². The zero-order chi connectivity index (χ0) is 22.7. The second kappa shape index (κ2) is 8.99. The van der Waals surface area contributed by atoms with Crippen molar-refractivity contribution in [2.45, 2.75) is 6.61 Å². The third-order valence-corrected chi connectivity index (χ3v) is 4.26. The summed E-state index contributed by atoms with van der Waals surface area (Å²) in [5.74, 6) is -12.1. The highest BCUT2D eigenvalue weighted by molar-refractivity contribution is 6.06. The molecule has 0 fully saturated rings. The number of carbonyl (C=O) groups is 1. The van der Waals surface area contributed by atoms with Gasteiger partial charge in [-0.15, -0.1) is 0 Å². The van der Waals surface area contributed by atoms with Gasteiger partial charge in [-0.1, -0.05) is 12.1 Å². The van der Waals surface area contributed by atoms with Crippen molar-refractivity contribution in [3.63, 3.8) is 0 Å². The number of ether oxygens (including phenoxy) is 2. The normalized spacial score (nSPS) is 11.2. The fraction of sp³-hybridized carbons (Fsp3) is 0.143. The molecule has 5 nitrogen and oxygen atoms in total. The topological polar surface area (TPSA) is 53.3 Å². The van der Waals surface area contributed by atoms with Crippen molar-refractivity contribution in [3.05, 3.63) is 82.4 Å². The van der Waals surface area contributed by atoms with Gasteiger partial charge in [0.2, 0.25) is 29.1 Å². The molecule has 0 saturated heterocycles. The van der Waals surface area contributed by atoms with Crippen LogP contribution in [0, 0.1) is 29.1 Å². The molecule has 0 bridgehead atoms. The Hall–Kier alpha value is -3.69. The summed E-state index contributed by atoms with van der Waals surface area (Å²) in [7, 11) is 3.00. The number of hydrogen-bond acceptors (Lipinski definition) is 4. The maximum Gasteiger partial charge on any atom is 0.207 e. The Morgan fingerprint density at radius 2 is 1.71 bits per heavy atom. The van der Waals surface area contributed by atoms with Gasteiger partial charge in [0.25, 0.3) is 0 Å². The molecule has 0 N–H and O–H groups in total. The second-order valence-corrected chi connectivity index (χ2v) is 6.36. The van der Waals surface area contributed by atoms with Crippen LogP contribution in [0.1, 0.15) is 21.5 Å². The van der Waals surface area contributed by atoms with Crippen LogP contribution in [0.25, 0.3) is 6.08 Å². The third-order valence-electron chi connectivity index (χ3n) is 4.26. The fourth-order valence-corrected chi connectivity index (χ4v) is 2.69. The van der Waals surface area contributed by atoms with Gasteiger partial charge in [0.05, 0.1) is 18.9 Å². The lowest BCUT2D eigenvalue weighted by Crippen LogP contribution is -2.07. The number of rotatable bonds is 7. The fourth-order valence-electron chi connectivity index (χ4n) is 2.69. The Morgan fingerprint density at radius 1 is 1.06 bits per heavy atom. The van der Waals surface area contributed by atoms with Gasteiger partial charge in [-0.2, -0.15) is 13.9 Å². The molecule has 162 valence electrons. The van der Waals surface area contributed by atoms with E-state index in [1.165, 1.54) is 42.3 Å². The lowest BCUT2D eigenvalue weighted by atomic mass is 10.1. The van der Waals surface area contributed by atoms with E-state index in [9.17, 15) is 26.7 Å². The first kappa shape index (κ1) is 22.0. The molecule has 0 radical (unpaired) electrons. The van der Waals surface area contributed by atoms with Crippen LogP contribution in [0.3, 0.4) is 0 Å². The average Bonchev–Trinajstić information content (AvgIpc) is 3.21. The molecule has 3 aromatic rings. The van der Waals surface area contributed by atoms with Crippen molar-refractivity contribution in [1.82, 2.24) is 9.78 Å². The van der Waals surface area contributed by atoms with Crippen molar-refractivity contribution < 1.29 is 36.2 Å². The predicted molar refractivity (Wildman–Crippen MR) is 100 cm³/mol. The number of hydrogen-bond donors (Lipinski definition) is 0. The van der Waals surface area contributed by atoms with E-state index in [4.69, 9.17) is 9.47 Å². The summed E-state index contributed by atoms with van der Waals surface area (Å²) < 4.78 is 79.0.